The van der Waals surface area contributed by atoms with Crippen LogP contribution in [0.15, 0.2) is 6.07 Å². The van der Waals surface area contributed by atoms with Gasteiger partial charge in [-0.25, -0.2) is 0 Å². The monoisotopic (exact) mass is 295 g/mol. The van der Waals surface area contributed by atoms with Crippen molar-refractivity contribution in [2.24, 2.45) is 0 Å². The normalized spacial score (nSPS) is 13.2. The minimum absolute atomic E-state index is 0.0265. The zero-order valence-corrected chi connectivity index (χ0v) is 11.6. The fraction of sp³-hybridized carbons (Fsp3) is 0.308. The number of carbonyl (C=O) groups excluding carboxylic acids is 2. The molecule has 0 aliphatic carbocycles. The van der Waals surface area contributed by atoms with E-state index in [2.05, 4.69) is 0 Å². The Bertz CT molecular complexity index is 638. The van der Waals surface area contributed by atoms with Gasteiger partial charge in [0.2, 0.25) is 5.75 Å². The van der Waals surface area contributed by atoms with Crippen LogP contribution in [0.25, 0.3) is 0 Å². The van der Waals surface area contributed by atoms with E-state index in [9.17, 15) is 14.4 Å². The molecule has 0 fully saturated rings. The van der Waals surface area contributed by atoms with E-state index in [4.69, 9.17) is 19.3 Å². The third kappa shape index (κ3) is 2.14. The number of rotatable bonds is 5. The molecule has 1 amide bonds. The van der Waals surface area contributed by atoms with E-state index >= 15 is 0 Å². The number of benzene rings is 1. The van der Waals surface area contributed by atoms with Gasteiger partial charge in [-0.15, -0.1) is 0 Å². The number of anilines is 1. The third-order valence-electron chi connectivity index (χ3n) is 3.06. The Labute approximate surface area is 119 Å². The zero-order valence-electron chi connectivity index (χ0n) is 11.6. The van der Waals surface area contributed by atoms with Crippen molar-refractivity contribution in [1.29, 1.82) is 0 Å². The summed E-state index contributed by atoms with van der Waals surface area (Å²) >= 11 is 0. The quantitative estimate of drug-likeness (QED) is 0.781. The summed E-state index contributed by atoms with van der Waals surface area (Å²) in [5.74, 6) is -2.58. The number of hydrogen-bond donors (Lipinski definition) is 1. The van der Waals surface area contributed by atoms with Crippen molar-refractivity contribution in [3.63, 3.8) is 0 Å². The lowest BCUT2D eigenvalue weighted by Gasteiger charge is -2.18. The lowest BCUT2D eigenvalue weighted by atomic mass is 10.1. The SMILES string of the molecule is COc1cc2c(c(OC)c1OC)C(=O)C(=O)N2CC(=O)O. The van der Waals surface area contributed by atoms with Gasteiger partial charge in [-0.2, -0.15) is 0 Å². The van der Waals surface area contributed by atoms with Gasteiger partial charge in [0.05, 0.1) is 32.6 Å². The van der Waals surface area contributed by atoms with Crippen molar-refractivity contribution in [3.8, 4) is 17.2 Å². The van der Waals surface area contributed by atoms with Gasteiger partial charge in [-0.1, -0.05) is 0 Å². The molecular weight excluding hydrogens is 282 g/mol. The van der Waals surface area contributed by atoms with E-state index < -0.39 is 24.2 Å². The van der Waals surface area contributed by atoms with E-state index in [-0.39, 0.29) is 28.5 Å². The maximum Gasteiger partial charge on any atom is 0.323 e. The highest BCUT2D eigenvalue weighted by Crippen LogP contribution is 2.47. The molecule has 8 nitrogen and oxygen atoms in total. The first-order valence-electron chi connectivity index (χ1n) is 5.87. The predicted octanol–water partition coefficient (Wildman–Crippen LogP) is 0.326. The number of ether oxygens (including phenoxy) is 3. The number of aliphatic carboxylic acids is 1. The van der Waals surface area contributed by atoms with E-state index in [0.29, 0.717) is 0 Å². The molecule has 112 valence electrons. The number of nitrogens with zero attached hydrogens (tertiary/aromatic N) is 1. The number of amides is 1. The molecule has 0 bridgehead atoms. The summed E-state index contributed by atoms with van der Waals surface area (Å²) in [5.41, 5.74) is 0.100. The van der Waals surface area contributed by atoms with E-state index in [1.807, 2.05) is 0 Å². The van der Waals surface area contributed by atoms with Crippen molar-refractivity contribution >= 4 is 23.3 Å². The minimum Gasteiger partial charge on any atom is -0.493 e. The van der Waals surface area contributed by atoms with E-state index in [0.717, 1.165) is 4.90 Å². The average Bonchev–Trinajstić information content (AvgIpc) is 2.69. The van der Waals surface area contributed by atoms with Crippen LogP contribution in [0.3, 0.4) is 0 Å². The lowest BCUT2D eigenvalue weighted by molar-refractivity contribution is -0.136. The van der Waals surface area contributed by atoms with Gasteiger partial charge in [0, 0.05) is 6.07 Å². The summed E-state index contributed by atoms with van der Waals surface area (Å²) in [6, 6.07) is 1.38. The fourth-order valence-corrected chi connectivity index (χ4v) is 2.21. The van der Waals surface area contributed by atoms with Gasteiger partial charge in [0.1, 0.15) is 6.54 Å². The van der Waals surface area contributed by atoms with E-state index in [1.165, 1.54) is 27.4 Å². The second kappa shape index (κ2) is 5.31. The first kappa shape index (κ1) is 14.6. The zero-order chi connectivity index (χ0) is 15.7. The third-order valence-corrected chi connectivity index (χ3v) is 3.06. The highest BCUT2D eigenvalue weighted by atomic mass is 16.5. The van der Waals surface area contributed by atoms with Crippen molar-refractivity contribution in [2.75, 3.05) is 32.8 Å². The van der Waals surface area contributed by atoms with Crippen LogP contribution in [-0.4, -0.2) is 50.6 Å². The topological polar surface area (TPSA) is 102 Å². The van der Waals surface area contributed by atoms with Gasteiger partial charge in [0.15, 0.2) is 11.5 Å². The number of carboxylic acid groups (broad SMARTS) is 1. The van der Waals surface area contributed by atoms with Crippen molar-refractivity contribution in [2.45, 2.75) is 0 Å². The molecule has 2 rings (SSSR count). The number of carboxylic acids is 1. The number of Topliss-reactive ketones (excluding diaryl/α,β-unsaturated/α-hetero) is 1. The van der Waals surface area contributed by atoms with Crippen molar-refractivity contribution < 1.29 is 33.7 Å². The molecule has 1 aliphatic rings. The van der Waals surface area contributed by atoms with Crippen molar-refractivity contribution in [1.82, 2.24) is 0 Å². The number of hydrogen-bond acceptors (Lipinski definition) is 6. The maximum atomic E-state index is 12.1. The summed E-state index contributed by atoms with van der Waals surface area (Å²) in [7, 11) is 4.06. The van der Waals surface area contributed by atoms with Crippen LogP contribution in [0.2, 0.25) is 0 Å². The first-order chi connectivity index (χ1) is 9.96. The molecule has 1 N–H and O–H groups in total. The van der Waals surface area contributed by atoms with E-state index in [1.54, 1.807) is 0 Å². The molecule has 0 spiro atoms. The molecule has 1 aliphatic heterocycles. The molecule has 1 aromatic carbocycles. The standard InChI is InChI=1S/C13H13NO7/c1-19-7-4-6-9(12(21-3)11(7)20-2)10(17)13(18)14(6)5-8(15)16/h4H,5H2,1-3H3,(H,15,16). The van der Waals surface area contributed by atoms with Crippen LogP contribution in [0.5, 0.6) is 17.2 Å². The summed E-state index contributed by atoms with van der Waals surface area (Å²) < 4.78 is 15.4. The molecule has 21 heavy (non-hydrogen) atoms. The minimum atomic E-state index is -1.24. The van der Waals surface area contributed by atoms with Crippen LogP contribution in [0.4, 0.5) is 5.69 Å². The Hall–Kier alpha value is -2.77. The molecule has 0 saturated heterocycles. The Morgan fingerprint density at radius 2 is 1.76 bits per heavy atom. The fourth-order valence-electron chi connectivity index (χ4n) is 2.21. The van der Waals surface area contributed by atoms with Gasteiger partial charge < -0.3 is 19.3 Å². The number of fused-ring (bicyclic) bond motifs is 1. The summed E-state index contributed by atoms with van der Waals surface area (Å²) in [6.07, 6.45) is 0. The number of carbonyl (C=O) groups is 3. The Morgan fingerprint density at radius 1 is 1.14 bits per heavy atom. The summed E-state index contributed by atoms with van der Waals surface area (Å²) in [5, 5.41) is 8.86. The van der Waals surface area contributed by atoms with Crippen LogP contribution in [-0.2, 0) is 9.59 Å². The van der Waals surface area contributed by atoms with Gasteiger partial charge in [-0.3, -0.25) is 19.3 Å². The molecule has 0 unspecified atom stereocenters. The second-order valence-corrected chi connectivity index (χ2v) is 4.15. The molecule has 1 aromatic rings. The van der Waals surface area contributed by atoms with Crippen LogP contribution >= 0.6 is 0 Å². The Balaban J connectivity index is 2.72. The van der Waals surface area contributed by atoms with Crippen LogP contribution < -0.4 is 19.1 Å². The molecule has 1 heterocycles. The Morgan fingerprint density at radius 3 is 2.24 bits per heavy atom. The largest absolute Gasteiger partial charge is 0.493 e. The Kier molecular flexibility index (Phi) is 3.70. The highest BCUT2D eigenvalue weighted by molar-refractivity contribution is 6.53. The van der Waals surface area contributed by atoms with Gasteiger partial charge in [-0.05, 0) is 0 Å². The summed E-state index contributed by atoms with van der Waals surface area (Å²) in [6.45, 7) is -0.629. The van der Waals surface area contributed by atoms with Crippen LogP contribution in [0.1, 0.15) is 10.4 Å². The smallest absolute Gasteiger partial charge is 0.323 e. The lowest BCUT2D eigenvalue weighted by Crippen LogP contribution is -2.34. The number of ketones is 1. The first-order valence-corrected chi connectivity index (χ1v) is 5.87. The molecular formula is C13H13NO7. The molecule has 8 heteroatoms. The van der Waals surface area contributed by atoms with Gasteiger partial charge in [0.25, 0.3) is 11.7 Å². The van der Waals surface area contributed by atoms with Crippen LogP contribution in [0, 0.1) is 0 Å². The second-order valence-electron chi connectivity index (χ2n) is 4.15. The molecule has 0 aromatic heterocycles. The van der Waals surface area contributed by atoms with Crippen molar-refractivity contribution in [3.05, 3.63) is 11.6 Å². The highest BCUT2D eigenvalue weighted by Gasteiger charge is 2.41. The van der Waals surface area contributed by atoms with Gasteiger partial charge >= 0.3 is 5.97 Å². The number of methoxy groups -OCH3 is 3. The predicted molar refractivity (Wildman–Crippen MR) is 70.4 cm³/mol. The molecule has 0 atom stereocenters. The molecule has 0 radical (unpaired) electrons. The maximum absolute atomic E-state index is 12.1. The summed E-state index contributed by atoms with van der Waals surface area (Å²) in [4.78, 5) is 35.7. The average molecular weight is 295 g/mol. The molecule has 0 saturated carbocycles.